The Hall–Kier alpha value is -1.23. The molecule has 5 heteroatoms. The molecule has 0 amide bonds. The molecule has 0 fully saturated rings. The fourth-order valence-electron chi connectivity index (χ4n) is 1.75. The lowest BCUT2D eigenvalue weighted by Crippen LogP contribution is -2.06. The Morgan fingerprint density at radius 1 is 1.44 bits per heavy atom. The lowest BCUT2D eigenvalue weighted by atomic mass is 10.3. The average Bonchev–Trinajstić information content (AvgIpc) is 3.02. The number of hydrogen-bond donors (Lipinski definition) is 0. The second-order valence-corrected chi connectivity index (χ2v) is 5.13. The third-order valence-electron chi connectivity index (χ3n) is 2.74. The molecule has 0 aliphatic rings. The minimum atomic E-state index is 0.701. The Bertz CT molecular complexity index is 439. The van der Waals surface area contributed by atoms with Crippen molar-refractivity contribution in [2.75, 3.05) is 12.0 Å². The standard InChI is InChI=1S/C13H19N3OS/c1-3-4-8-16-12(7-10-18-2)14-13(15-16)11-6-5-9-17-11/h5-6,9H,3-4,7-8,10H2,1-2H3. The van der Waals surface area contributed by atoms with E-state index in [0.717, 1.165) is 43.1 Å². The van der Waals surface area contributed by atoms with Gasteiger partial charge < -0.3 is 4.42 Å². The van der Waals surface area contributed by atoms with Crippen LogP contribution in [-0.4, -0.2) is 26.8 Å². The van der Waals surface area contributed by atoms with E-state index in [1.165, 1.54) is 0 Å². The summed E-state index contributed by atoms with van der Waals surface area (Å²) in [7, 11) is 0. The highest BCUT2D eigenvalue weighted by molar-refractivity contribution is 7.98. The van der Waals surface area contributed by atoms with E-state index in [9.17, 15) is 0 Å². The Labute approximate surface area is 112 Å². The molecule has 0 unspecified atom stereocenters. The summed E-state index contributed by atoms with van der Waals surface area (Å²) in [5, 5.41) is 4.55. The van der Waals surface area contributed by atoms with Gasteiger partial charge in [0.15, 0.2) is 5.76 Å². The molecule has 2 aromatic rings. The lowest BCUT2D eigenvalue weighted by molar-refractivity contribution is 0.543. The number of hydrogen-bond acceptors (Lipinski definition) is 4. The number of unbranched alkanes of at least 4 members (excludes halogenated alkanes) is 1. The summed E-state index contributed by atoms with van der Waals surface area (Å²) in [5.41, 5.74) is 0. The molecule has 4 nitrogen and oxygen atoms in total. The second-order valence-electron chi connectivity index (χ2n) is 4.15. The Morgan fingerprint density at radius 3 is 3.00 bits per heavy atom. The summed E-state index contributed by atoms with van der Waals surface area (Å²) in [6.07, 6.45) is 7.02. The molecule has 2 heterocycles. The van der Waals surface area contributed by atoms with E-state index in [4.69, 9.17) is 4.42 Å². The molecule has 0 radical (unpaired) electrons. The van der Waals surface area contributed by atoms with Gasteiger partial charge in [-0.1, -0.05) is 13.3 Å². The SMILES string of the molecule is CCCCn1nc(-c2ccco2)nc1CCSC. The first kappa shape index (κ1) is 13.2. The molecule has 0 saturated carbocycles. The summed E-state index contributed by atoms with van der Waals surface area (Å²) < 4.78 is 7.38. The summed E-state index contributed by atoms with van der Waals surface area (Å²) in [5.74, 6) is 3.58. The number of aromatic nitrogens is 3. The maximum Gasteiger partial charge on any atom is 0.217 e. The van der Waals surface area contributed by atoms with Gasteiger partial charge in [0.1, 0.15) is 5.82 Å². The van der Waals surface area contributed by atoms with Crippen LogP contribution in [0.3, 0.4) is 0 Å². The van der Waals surface area contributed by atoms with Crippen LogP contribution < -0.4 is 0 Å². The summed E-state index contributed by atoms with van der Waals surface area (Å²) >= 11 is 1.83. The Morgan fingerprint density at radius 2 is 2.33 bits per heavy atom. The maximum absolute atomic E-state index is 5.35. The quantitative estimate of drug-likeness (QED) is 0.771. The van der Waals surface area contributed by atoms with Crippen molar-refractivity contribution < 1.29 is 4.42 Å². The van der Waals surface area contributed by atoms with Gasteiger partial charge in [-0.2, -0.15) is 11.8 Å². The Balaban J connectivity index is 2.19. The molecule has 0 atom stereocenters. The zero-order valence-electron chi connectivity index (χ0n) is 10.9. The van der Waals surface area contributed by atoms with Gasteiger partial charge in [-0.25, -0.2) is 9.67 Å². The topological polar surface area (TPSA) is 43.9 Å². The molecular weight excluding hydrogens is 246 g/mol. The first-order valence-corrected chi connectivity index (χ1v) is 7.71. The minimum absolute atomic E-state index is 0.701. The maximum atomic E-state index is 5.35. The van der Waals surface area contributed by atoms with Crippen LogP contribution in [0.2, 0.25) is 0 Å². The van der Waals surface area contributed by atoms with E-state index < -0.39 is 0 Å². The molecule has 2 aromatic heterocycles. The van der Waals surface area contributed by atoms with Crippen LogP contribution in [0.4, 0.5) is 0 Å². The molecule has 0 saturated heterocycles. The third-order valence-corrected chi connectivity index (χ3v) is 3.36. The zero-order valence-corrected chi connectivity index (χ0v) is 11.7. The van der Waals surface area contributed by atoms with Crippen molar-refractivity contribution in [3.63, 3.8) is 0 Å². The van der Waals surface area contributed by atoms with Crippen molar-refractivity contribution >= 4 is 11.8 Å². The van der Waals surface area contributed by atoms with Gasteiger partial charge in [-0.3, -0.25) is 0 Å². The molecule has 2 rings (SSSR count). The molecule has 0 aliphatic heterocycles. The van der Waals surface area contributed by atoms with Gasteiger partial charge in [0, 0.05) is 18.7 Å². The Kier molecular flexibility index (Phi) is 4.87. The minimum Gasteiger partial charge on any atom is -0.461 e. The molecule has 98 valence electrons. The number of aryl methyl sites for hydroxylation is 2. The molecule has 0 aliphatic carbocycles. The lowest BCUT2D eigenvalue weighted by Gasteiger charge is -2.03. The van der Waals surface area contributed by atoms with Crippen molar-refractivity contribution in [2.24, 2.45) is 0 Å². The van der Waals surface area contributed by atoms with Crippen LogP contribution in [0.1, 0.15) is 25.6 Å². The number of nitrogens with zero attached hydrogens (tertiary/aromatic N) is 3. The normalized spacial score (nSPS) is 11.0. The van der Waals surface area contributed by atoms with Gasteiger partial charge in [0.05, 0.1) is 6.26 Å². The first-order valence-electron chi connectivity index (χ1n) is 6.31. The average molecular weight is 265 g/mol. The number of furan rings is 1. The molecule has 0 aromatic carbocycles. The van der Waals surface area contributed by atoms with Crippen molar-refractivity contribution in [2.45, 2.75) is 32.7 Å². The highest BCUT2D eigenvalue weighted by atomic mass is 32.2. The molecule has 18 heavy (non-hydrogen) atoms. The second kappa shape index (κ2) is 6.64. The van der Waals surface area contributed by atoms with Crippen LogP contribution in [0.25, 0.3) is 11.6 Å². The molecular formula is C13H19N3OS. The van der Waals surface area contributed by atoms with Crippen molar-refractivity contribution in [1.29, 1.82) is 0 Å². The van der Waals surface area contributed by atoms with E-state index in [1.807, 2.05) is 28.6 Å². The van der Waals surface area contributed by atoms with Gasteiger partial charge >= 0.3 is 0 Å². The van der Waals surface area contributed by atoms with E-state index in [1.54, 1.807) is 6.26 Å². The smallest absolute Gasteiger partial charge is 0.217 e. The summed E-state index contributed by atoms with van der Waals surface area (Å²) in [6, 6.07) is 3.77. The predicted molar refractivity (Wildman–Crippen MR) is 74.7 cm³/mol. The van der Waals surface area contributed by atoms with E-state index in [2.05, 4.69) is 23.3 Å². The summed E-state index contributed by atoms with van der Waals surface area (Å²) in [4.78, 5) is 4.59. The van der Waals surface area contributed by atoms with E-state index >= 15 is 0 Å². The van der Waals surface area contributed by atoms with Gasteiger partial charge in [-0.15, -0.1) is 5.10 Å². The number of rotatable bonds is 7. The van der Waals surface area contributed by atoms with Crippen LogP contribution in [0.5, 0.6) is 0 Å². The van der Waals surface area contributed by atoms with Crippen LogP contribution in [-0.2, 0) is 13.0 Å². The van der Waals surface area contributed by atoms with E-state index in [-0.39, 0.29) is 0 Å². The monoisotopic (exact) mass is 265 g/mol. The van der Waals surface area contributed by atoms with Gasteiger partial charge in [0.25, 0.3) is 0 Å². The van der Waals surface area contributed by atoms with Crippen molar-refractivity contribution in [3.05, 3.63) is 24.2 Å². The first-order chi connectivity index (χ1) is 8.85. The molecule has 0 bridgehead atoms. The number of thioether (sulfide) groups is 1. The third kappa shape index (κ3) is 3.16. The van der Waals surface area contributed by atoms with Gasteiger partial charge in [-0.05, 0) is 24.8 Å². The molecule has 0 spiro atoms. The van der Waals surface area contributed by atoms with Crippen molar-refractivity contribution in [3.8, 4) is 11.6 Å². The zero-order chi connectivity index (χ0) is 12.8. The fourth-order valence-corrected chi connectivity index (χ4v) is 2.14. The highest BCUT2D eigenvalue weighted by Gasteiger charge is 2.12. The largest absolute Gasteiger partial charge is 0.461 e. The molecule has 0 N–H and O–H groups in total. The summed E-state index contributed by atoms with van der Waals surface area (Å²) in [6.45, 7) is 3.12. The predicted octanol–water partition coefficient (Wildman–Crippen LogP) is 3.24. The highest BCUT2D eigenvalue weighted by Crippen LogP contribution is 2.17. The van der Waals surface area contributed by atoms with Crippen LogP contribution in [0, 0.1) is 0 Å². The van der Waals surface area contributed by atoms with E-state index in [0.29, 0.717) is 5.82 Å². The van der Waals surface area contributed by atoms with Crippen LogP contribution >= 0.6 is 11.8 Å². The van der Waals surface area contributed by atoms with Gasteiger partial charge in [0.2, 0.25) is 5.82 Å². The van der Waals surface area contributed by atoms with Crippen molar-refractivity contribution in [1.82, 2.24) is 14.8 Å². The fraction of sp³-hybridized carbons (Fsp3) is 0.538. The van der Waals surface area contributed by atoms with Crippen LogP contribution in [0.15, 0.2) is 22.8 Å².